The molecule has 2 unspecified atom stereocenters. The Labute approximate surface area is 147 Å². The highest BCUT2D eigenvalue weighted by Crippen LogP contribution is 2.39. The van der Waals surface area contributed by atoms with Crippen LogP contribution in [0.2, 0.25) is 5.02 Å². The molecule has 0 radical (unpaired) electrons. The summed E-state index contributed by atoms with van der Waals surface area (Å²) in [6.07, 6.45) is 3.06. The van der Waals surface area contributed by atoms with Crippen molar-refractivity contribution in [2.24, 2.45) is 0 Å². The Morgan fingerprint density at radius 2 is 1.65 bits per heavy atom. The molecular weight excluding hydrogens is 378 g/mol. The van der Waals surface area contributed by atoms with Gasteiger partial charge >= 0.3 is 0 Å². The van der Waals surface area contributed by atoms with Gasteiger partial charge in [-0.3, -0.25) is 0 Å². The Kier molecular flexibility index (Phi) is 4.53. The predicted molar refractivity (Wildman–Crippen MR) is 93.3 cm³/mol. The minimum Gasteiger partial charge on any atom is -0.378 e. The zero-order valence-corrected chi connectivity index (χ0v) is 14.7. The Hall–Kier alpha value is -1.69. The van der Waals surface area contributed by atoms with Crippen LogP contribution in [0.1, 0.15) is 24.1 Å². The van der Waals surface area contributed by atoms with Crippen LogP contribution in [0.3, 0.4) is 0 Å². The second kappa shape index (κ2) is 6.43. The van der Waals surface area contributed by atoms with Gasteiger partial charge in [0.25, 0.3) is 0 Å². The fraction of sp³-hybridized carbons (Fsp3) is 0.176. The molecule has 0 aliphatic carbocycles. The fourth-order valence-electron chi connectivity index (χ4n) is 2.67. The van der Waals surface area contributed by atoms with Gasteiger partial charge in [-0.2, -0.15) is 5.10 Å². The van der Waals surface area contributed by atoms with Crippen molar-refractivity contribution in [1.29, 1.82) is 0 Å². The lowest BCUT2D eigenvalue weighted by Crippen LogP contribution is -2.37. The summed E-state index contributed by atoms with van der Waals surface area (Å²) < 4.78 is 2.60. The normalized spacial score (nSPS) is 15.1. The van der Waals surface area contributed by atoms with Gasteiger partial charge in [-0.1, -0.05) is 51.8 Å². The smallest absolute Gasteiger partial charge is 0.137 e. The summed E-state index contributed by atoms with van der Waals surface area (Å²) in [6, 6.07) is 14.5. The van der Waals surface area contributed by atoms with E-state index in [1.807, 2.05) is 43.3 Å². The molecule has 1 heterocycles. The third-order valence-electron chi connectivity index (χ3n) is 4.01. The zero-order chi connectivity index (χ0) is 16.4. The number of halogens is 2. The molecule has 23 heavy (non-hydrogen) atoms. The van der Waals surface area contributed by atoms with Crippen LogP contribution >= 0.6 is 27.5 Å². The highest BCUT2D eigenvalue weighted by molar-refractivity contribution is 9.10. The van der Waals surface area contributed by atoms with Crippen molar-refractivity contribution in [2.45, 2.75) is 18.6 Å². The molecular formula is C17H15BrClN3O. The highest BCUT2D eigenvalue weighted by atomic mass is 79.9. The monoisotopic (exact) mass is 391 g/mol. The number of nitrogens with zero attached hydrogens (tertiary/aromatic N) is 3. The number of rotatable bonds is 4. The summed E-state index contributed by atoms with van der Waals surface area (Å²) >= 11 is 9.42. The van der Waals surface area contributed by atoms with Gasteiger partial charge in [-0.05, 0) is 42.3 Å². The van der Waals surface area contributed by atoms with E-state index in [1.54, 1.807) is 23.1 Å². The van der Waals surface area contributed by atoms with Crippen molar-refractivity contribution < 1.29 is 5.11 Å². The zero-order valence-electron chi connectivity index (χ0n) is 12.4. The molecule has 2 aromatic carbocycles. The summed E-state index contributed by atoms with van der Waals surface area (Å²) in [7, 11) is 0. The summed E-state index contributed by atoms with van der Waals surface area (Å²) in [5.41, 5.74) is 0.247. The first-order valence-corrected chi connectivity index (χ1v) is 8.27. The molecule has 0 bridgehead atoms. The van der Waals surface area contributed by atoms with E-state index in [2.05, 4.69) is 26.0 Å². The topological polar surface area (TPSA) is 50.9 Å². The van der Waals surface area contributed by atoms with Crippen molar-refractivity contribution >= 4 is 27.5 Å². The largest absolute Gasteiger partial charge is 0.378 e. The first kappa shape index (κ1) is 16.2. The molecule has 3 rings (SSSR count). The van der Waals surface area contributed by atoms with Crippen molar-refractivity contribution in [3.05, 3.63) is 81.8 Å². The molecule has 0 saturated heterocycles. The van der Waals surface area contributed by atoms with Gasteiger partial charge < -0.3 is 5.11 Å². The summed E-state index contributed by atoms with van der Waals surface area (Å²) in [5, 5.41) is 16.4. The molecule has 0 saturated carbocycles. The van der Waals surface area contributed by atoms with Crippen LogP contribution in [0.15, 0.2) is 65.7 Å². The van der Waals surface area contributed by atoms with E-state index in [0.717, 1.165) is 15.6 Å². The number of benzene rings is 2. The Balaban J connectivity index is 2.16. The molecule has 1 N–H and O–H groups in total. The number of aliphatic hydroxyl groups is 1. The van der Waals surface area contributed by atoms with Gasteiger partial charge in [-0.15, -0.1) is 0 Å². The van der Waals surface area contributed by atoms with E-state index in [9.17, 15) is 5.11 Å². The molecule has 0 aliphatic rings. The predicted octanol–water partition coefficient (Wildman–Crippen LogP) is 4.19. The summed E-state index contributed by atoms with van der Waals surface area (Å²) in [5.74, 6) is 0. The highest BCUT2D eigenvalue weighted by Gasteiger charge is 2.39. The average molecular weight is 393 g/mol. The number of hydrogen-bond donors (Lipinski definition) is 1. The standard InChI is InChI=1S/C17H15BrClN3O/c1-12(22-11-20-10-21-22)17(23,13-2-6-15(18)7-3-13)14-4-8-16(19)9-5-14/h2-12,23H,1H3. The van der Waals surface area contributed by atoms with Crippen molar-refractivity contribution in [2.75, 3.05) is 0 Å². The third kappa shape index (κ3) is 3.04. The summed E-state index contributed by atoms with van der Waals surface area (Å²) in [4.78, 5) is 3.98. The van der Waals surface area contributed by atoms with Gasteiger partial charge in [-0.25, -0.2) is 9.67 Å². The number of hydrogen-bond acceptors (Lipinski definition) is 3. The van der Waals surface area contributed by atoms with Gasteiger partial charge in [0, 0.05) is 9.50 Å². The Morgan fingerprint density at radius 3 is 2.17 bits per heavy atom. The first-order valence-electron chi connectivity index (χ1n) is 7.10. The van der Waals surface area contributed by atoms with E-state index in [4.69, 9.17) is 11.6 Å². The minimum atomic E-state index is -1.26. The van der Waals surface area contributed by atoms with Crippen molar-refractivity contribution in [3.8, 4) is 0 Å². The van der Waals surface area contributed by atoms with E-state index < -0.39 is 5.60 Å². The molecule has 2 atom stereocenters. The Morgan fingerprint density at radius 1 is 1.09 bits per heavy atom. The van der Waals surface area contributed by atoms with Crippen LogP contribution in [0, 0.1) is 0 Å². The lowest BCUT2D eigenvalue weighted by molar-refractivity contribution is 0.0246. The van der Waals surface area contributed by atoms with Gasteiger partial charge in [0.1, 0.15) is 18.3 Å². The maximum Gasteiger partial charge on any atom is 0.137 e. The molecule has 0 aliphatic heterocycles. The van der Waals surface area contributed by atoms with Crippen LogP contribution in [0.25, 0.3) is 0 Å². The van der Waals surface area contributed by atoms with E-state index in [0.29, 0.717) is 5.02 Å². The molecule has 0 spiro atoms. The average Bonchev–Trinajstić information content (AvgIpc) is 3.09. The van der Waals surface area contributed by atoms with Gasteiger partial charge in [0.2, 0.25) is 0 Å². The number of aromatic nitrogens is 3. The van der Waals surface area contributed by atoms with Crippen LogP contribution in [-0.2, 0) is 5.60 Å². The molecule has 0 amide bonds. The van der Waals surface area contributed by atoms with Crippen LogP contribution in [-0.4, -0.2) is 19.9 Å². The third-order valence-corrected chi connectivity index (χ3v) is 4.79. The maximum absolute atomic E-state index is 11.6. The molecule has 118 valence electrons. The van der Waals surface area contributed by atoms with Gasteiger partial charge in [0.15, 0.2) is 0 Å². The first-order chi connectivity index (χ1) is 11.0. The Bertz CT molecular complexity index is 727. The van der Waals surface area contributed by atoms with Gasteiger partial charge in [0.05, 0.1) is 6.04 Å². The van der Waals surface area contributed by atoms with E-state index in [-0.39, 0.29) is 6.04 Å². The lowest BCUT2D eigenvalue weighted by atomic mass is 9.81. The minimum absolute atomic E-state index is 0.354. The van der Waals surface area contributed by atoms with E-state index >= 15 is 0 Å². The maximum atomic E-state index is 11.6. The van der Waals surface area contributed by atoms with Crippen LogP contribution < -0.4 is 0 Å². The molecule has 3 aromatic rings. The van der Waals surface area contributed by atoms with Crippen molar-refractivity contribution in [1.82, 2.24) is 14.8 Å². The van der Waals surface area contributed by atoms with Crippen LogP contribution in [0.5, 0.6) is 0 Å². The van der Waals surface area contributed by atoms with E-state index in [1.165, 1.54) is 6.33 Å². The SMILES string of the molecule is CC(n1cncn1)C(O)(c1ccc(Cl)cc1)c1ccc(Br)cc1. The second-order valence-electron chi connectivity index (χ2n) is 5.33. The molecule has 6 heteroatoms. The van der Waals surface area contributed by atoms with Crippen LogP contribution in [0.4, 0.5) is 0 Å². The fourth-order valence-corrected chi connectivity index (χ4v) is 3.06. The quantitative estimate of drug-likeness (QED) is 0.724. The summed E-state index contributed by atoms with van der Waals surface area (Å²) in [6.45, 7) is 1.91. The lowest BCUT2D eigenvalue weighted by Gasteiger charge is -2.35. The molecule has 0 fully saturated rings. The van der Waals surface area contributed by atoms with Crippen molar-refractivity contribution in [3.63, 3.8) is 0 Å². The molecule has 1 aromatic heterocycles. The molecule has 4 nitrogen and oxygen atoms in total. The second-order valence-corrected chi connectivity index (χ2v) is 6.68.